The Bertz CT molecular complexity index is 280. The van der Waals surface area contributed by atoms with Gasteiger partial charge in [-0.3, -0.25) is 9.59 Å². The molecule has 0 unspecified atom stereocenters. The lowest BCUT2D eigenvalue weighted by Gasteiger charge is -2.21. The fraction of sp³-hybridized carbons (Fsp3) is 0.833. The maximum Gasteiger partial charge on any atom is 0.310 e. The summed E-state index contributed by atoms with van der Waals surface area (Å²) in [7, 11) is 0. The highest BCUT2D eigenvalue weighted by Crippen LogP contribution is 2.12. The number of carbonyl (C=O) groups is 2. The molecule has 0 heterocycles. The van der Waals surface area contributed by atoms with Crippen molar-refractivity contribution in [1.29, 1.82) is 0 Å². The van der Waals surface area contributed by atoms with E-state index in [-0.39, 0.29) is 18.0 Å². The molecule has 100 valence electrons. The molecule has 0 radical (unpaired) electrons. The Kier molecular flexibility index (Phi) is 5.61. The van der Waals surface area contributed by atoms with E-state index in [9.17, 15) is 9.59 Å². The fourth-order valence-corrected chi connectivity index (χ4v) is 1.03. The van der Waals surface area contributed by atoms with Crippen LogP contribution in [0.2, 0.25) is 0 Å². The predicted molar refractivity (Wildman–Crippen MR) is 66.8 cm³/mol. The topological polar surface area (TPSA) is 78.4 Å². The molecule has 0 aromatic rings. The van der Waals surface area contributed by atoms with E-state index in [0.717, 1.165) is 0 Å². The smallest absolute Gasteiger partial charge is 0.310 e. The molecule has 17 heavy (non-hydrogen) atoms. The molecule has 5 nitrogen and oxygen atoms in total. The zero-order chi connectivity index (χ0) is 13.7. The summed E-state index contributed by atoms with van der Waals surface area (Å²) < 4.78 is 0. The molecule has 0 aliphatic rings. The first-order valence-corrected chi connectivity index (χ1v) is 5.80. The molecule has 0 rings (SSSR count). The molecular formula is C12H24N2O3. The van der Waals surface area contributed by atoms with E-state index < -0.39 is 11.4 Å². The molecular weight excluding hydrogens is 220 g/mol. The van der Waals surface area contributed by atoms with Crippen LogP contribution in [0.3, 0.4) is 0 Å². The zero-order valence-corrected chi connectivity index (χ0v) is 11.4. The van der Waals surface area contributed by atoms with E-state index in [0.29, 0.717) is 13.0 Å². The largest absolute Gasteiger partial charge is 0.481 e. The lowest BCUT2D eigenvalue weighted by Crippen LogP contribution is -2.41. The summed E-state index contributed by atoms with van der Waals surface area (Å²) in [5, 5.41) is 14.7. The number of rotatable bonds is 6. The molecule has 0 aliphatic carbocycles. The molecule has 3 N–H and O–H groups in total. The van der Waals surface area contributed by atoms with E-state index >= 15 is 0 Å². The molecule has 0 saturated heterocycles. The maximum atomic E-state index is 11.5. The number of aliphatic carboxylic acids is 1. The summed E-state index contributed by atoms with van der Waals surface area (Å²) in [6.45, 7) is 9.99. The van der Waals surface area contributed by atoms with Gasteiger partial charge < -0.3 is 15.7 Å². The lowest BCUT2D eigenvalue weighted by atomic mass is 9.94. The minimum absolute atomic E-state index is 0.0133. The molecule has 1 amide bonds. The minimum Gasteiger partial charge on any atom is -0.481 e. The third-order valence-corrected chi connectivity index (χ3v) is 2.31. The highest BCUT2D eigenvalue weighted by Gasteiger charge is 2.27. The van der Waals surface area contributed by atoms with Crippen molar-refractivity contribution >= 4 is 11.9 Å². The predicted octanol–water partition coefficient (Wildman–Crippen LogP) is 0.992. The molecule has 0 aromatic carbocycles. The normalized spacial score (nSPS) is 12.3. The van der Waals surface area contributed by atoms with Crippen LogP contribution >= 0.6 is 0 Å². The van der Waals surface area contributed by atoms with Gasteiger partial charge >= 0.3 is 5.97 Å². The second kappa shape index (κ2) is 6.00. The Hall–Kier alpha value is -1.10. The van der Waals surface area contributed by atoms with Crippen molar-refractivity contribution in [3.63, 3.8) is 0 Å². The summed E-state index contributed by atoms with van der Waals surface area (Å²) in [6.07, 6.45) is 0.354. The van der Waals surface area contributed by atoms with E-state index in [1.165, 1.54) is 0 Å². The van der Waals surface area contributed by atoms with Crippen LogP contribution in [0, 0.1) is 5.41 Å². The van der Waals surface area contributed by atoms with Gasteiger partial charge in [0.2, 0.25) is 5.91 Å². The van der Waals surface area contributed by atoms with Crippen molar-refractivity contribution < 1.29 is 14.7 Å². The highest BCUT2D eigenvalue weighted by molar-refractivity contribution is 5.78. The summed E-state index contributed by atoms with van der Waals surface area (Å²) in [5.41, 5.74) is -0.937. The quantitative estimate of drug-likeness (QED) is 0.651. The van der Waals surface area contributed by atoms with Crippen LogP contribution < -0.4 is 10.6 Å². The monoisotopic (exact) mass is 244 g/mol. The van der Waals surface area contributed by atoms with Gasteiger partial charge in [0.05, 0.1) is 5.41 Å². The summed E-state index contributed by atoms with van der Waals surface area (Å²) in [4.78, 5) is 22.3. The van der Waals surface area contributed by atoms with Gasteiger partial charge in [-0.15, -0.1) is 0 Å². The van der Waals surface area contributed by atoms with E-state index in [2.05, 4.69) is 10.6 Å². The summed E-state index contributed by atoms with van der Waals surface area (Å²) >= 11 is 0. The Morgan fingerprint density at radius 3 is 2.06 bits per heavy atom. The second-order valence-corrected chi connectivity index (χ2v) is 5.89. The van der Waals surface area contributed by atoms with Crippen LogP contribution in [0.4, 0.5) is 0 Å². The molecule has 0 spiro atoms. The number of amides is 1. The first kappa shape index (κ1) is 15.9. The Balaban J connectivity index is 3.86. The number of hydrogen-bond acceptors (Lipinski definition) is 3. The number of nitrogens with one attached hydrogen (secondary N) is 2. The third-order valence-electron chi connectivity index (χ3n) is 2.31. The Morgan fingerprint density at radius 1 is 1.12 bits per heavy atom. The first-order chi connectivity index (χ1) is 7.54. The highest BCUT2D eigenvalue weighted by atomic mass is 16.4. The summed E-state index contributed by atoms with van der Waals surface area (Å²) in [6, 6.07) is 0. The molecule has 0 fully saturated rings. The van der Waals surface area contributed by atoms with E-state index in [1.807, 2.05) is 20.8 Å². The average molecular weight is 244 g/mol. The standard InChI is InChI=1S/C12H24N2O3/c1-11(2,3)14-7-6-9(15)13-8-12(4,5)10(16)17/h14H,6-8H2,1-5H3,(H,13,15)(H,16,17). The van der Waals surface area contributed by atoms with E-state index in [1.54, 1.807) is 13.8 Å². The number of carboxylic acids is 1. The molecule has 0 aromatic heterocycles. The number of carboxylic acid groups (broad SMARTS) is 1. The molecule has 0 aliphatic heterocycles. The van der Waals surface area contributed by atoms with Gasteiger partial charge in [-0.1, -0.05) is 0 Å². The van der Waals surface area contributed by atoms with Crippen molar-refractivity contribution in [2.45, 2.75) is 46.6 Å². The van der Waals surface area contributed by atoms with Gasteiger partial charge in [-0.25, -0.2) is 0 Å². The molecule has 5 heteroatoms. The second-order valence-electron chi connectivity index (χ2n) is 5.89. The average Bonchev–Trinajstić information content (AvgIpc) is 2.12. The lowest BCUT2D eigenvalue weighted by molar-refractivity contribution is -0.146. The Morgan fingerprint density at radius 2 is 1.65 bits per heavy atom. The van der Waals surface area contributed by atoms with Gasteiger partial charge in [-0.05, 0) is 34.6 Å². The zero-order valence-electron chi connectivity index (χ0n) is 11.4. The van der Waals surface area contributed by atoms with Crippen LogP contribution in [-0.2, 0) is 9.59 Å². The van der Waals surface area contributed by atoms with Crippen LogP contribution in [0.25, 0.3) is 0 Å². The molecule has 0 atom stereocenters. The van der Waals surface area contributed by atoms with Crippen molar-refractivity contribution in [2.24, 2.45) is 5.41 Å². The van der Waals surface area contributed by atoms with Crippen molar-refractivity contribution in [3.05, 3.63) is 0 Å². The van der Waals surface area contributed by atoms with Gasteiger partial charge in [0.1, 0.15) is 0 Å². The number of hydrogen-bond donors (Lipinski definition) is 3. The number of carbonyl (C=O) groups excluding carboxylic acids is 1. The van der Waals surface area contributed by atoms with Gasteiger partial charge in [0.15, 0.2) is 0 Å². The van der Waals surface area contributed by atoms with Crippen LogP contribution in [0.5, 0.6) is 0 Å². The van der Waals surface area contributed by atoms with Crippen molar-refractivity contribution in [3.8, 4) is 0 Å². The van der Waals surface area contributed by atoms with Crippen LogP contribution in [-0.4, -0.2) is 35.6 Å². The van der Waals surface area contributed by atoms with Gasteiger partial charge in [0, 0.05) is 25.0 Å². The molecule has 0 bridgehead atoms. The molecule has 0 saturated carbocycles. The van der Waals surface area contributed by atoms with Gasteiger partial charge in [-0.2, -0.15) is 0 Å². The Labute approximate surface area is 103 Å². The maximum absolute atomic E-state index is 11.5. The van der Waals surface area contributed by atoms with Gasteiger partial charge in [0.25, 0.3) is 0 Å². The minimum atomic E-state index is -0.923. The van der Waals surface area contributed by atoms with Crippen LogP contribution in [0.15, 0.2) is 0 Å². The van der Waals surface area contributed by atoms with Crippen molar-refractivity contribution in [1.82, 2.24) is 10.6 Å². The SMILES string of the molecule is CC(C)(C)NCCC(=O)NCC(C)(C)C(=O)O. The van der Waals surface area contributed by atoms with Crippen LogP contribution in [0.1, 0.15) is 41.0 Å². The van der Waals surface area contributed by atoms with E-state index in [4.69, 9.17) is 5.11 Å². The summed E-state index contributed by atoms with van der Waals surface area (Å²) in [5.74, 6) is -1.04. The third kappa shape index (κ3) is 7.74. The van der Waals surface area contributed by atoms with Crippen molar-refractivity contribution in [2.75, 3.05) is 13.1 Å². The first-order valence-electron chi connectivity index (χ1n) is 5.80. The fourth-order valence-electron chi connectivity index (χ4n) is 1.03.